The van der Waals surface area contributed by atoms with Crippen molar-refractivity contribution in [3.05, 3.63) is 47.8 Å². The van der Waals surface area contributed by atoms with Crippen LogP contribution in [0.4, 0.5) is 14.7 Å². The van der Waals surface area contributed by atoms with Gasteiger partial charge in [-0.15, -0.1) is 0 Å². The summed E-state index contributed by atoms with van der Waals surface area (Å²) in [6.45, 7) is 0.324. The quantitative estimate of drug-likeness (QED) is 0.753. The predicted molar refractivity (Wildman–Crippen MR) is 72.9 cm³/mol. The van der Waals surface area contributed by atoms with E-state index < -0.39 is 11.6 Å². The van der Waals surface area contributed by atoms with Crippen LogP contribution in [0.1, 0.15) is 5.56 Å². The summed E-state index contributed by atoms with van der Waals surface area (Å²) in [6.07, 6.45) is 3.44. The maximum Gasteiger partial charge on any atom is 0.206 e. The minimum Gasteiger partial charge on any atom is -0.362 e. The van der Waals surface area contributed by atoms with Crippen molar-refractivity contribution in [3.63, 3.8) is 0 Å². The van der Waals surface area contributed by atoms with Crippen LogP contribution in [0.5, 0.6) is 0 Å². The number of hydrogen-bond acceptors (Lipinski definition) is 2. The minimum atomic E-state index is -0.549. The number of anilines is 1. The molecule has 2 rings (SSSR count). The van der Waals surface area contributed by atoms with Gasteiger partial charge in [0.05, 0.1) is 0 Å². The van der Waals surface area contributed by atoms with Gasteiger partial charge < -0.3 is 15.6 Å². The van der Waals surface area contributed by atoms with Gasteiger partial charge in [-0.1, -0.05) is 6.07 Å². The second-order valence-corrected chi connectivity index (χ2v) is 4.18. The monoisotopic (exact) mass is 282 g/mol. The van der Waals surface area contributed by atoms with E-state index in [2.05, 4.69) is 20.6 Å². The molecule has 0 fully saturated rings. The highest BCUT2D eigenvalue weighted by Crippen LogP contribution is 2.11. The molecular formula is C12H12F2N4S. The molecule has 0 atom stereocenters. The molecule has 19 heavy (non-hydrogen) atoms. The van der Waals surface area contributed by atoms with E-state index in [1.165, 1.54) is 18.2 Å². The van der Waals surface area contributed by atoms with Crippen molar-refractivity contribution in [1.82, 2.24) is 15.3 Å². The Balaban J connectivity index is 1.82. The Labute approximate surface area is 114 Å². The van der Waals surface area contributed by atoms with E-state index in [1.54, 1.807) is 12.4 Å². The maximum absolute atomic E-state index is 13.3. The van der Waals surface area contributed by atoms with Gasteiger partial charge in [-0.25, -0.2) is 13.8 Å². The lowest BCUT2D eigenvalue weighted by molar-refractivity contribution is 0.553. The van der Waals surface area contributed by atoms with Crippen molar-refractivity contribution in [3.8, 4) is 0 Å². The van der Waals surface area contributed by atoms with Crippen LogP contribution in [0, 0.1) is 11.6 Å². The summed E-state index contributed by atoms with van der Waals surface area (Å²) >= 11 is 5.01. The van der Waals surface area contributed by atoms with Crippen LogP contribution in [0.2, 0.25) is 0 Å². The lowest BCUT2D eigenvalue weighted by Crippen LogP contribution is -2.30. The van der Waals surface area contributed by atoms with Gasteiger partial charge in [0.15, 0.2) is 5.11 Å². The lowest BCUT2D eigenvalue weighted by atomic mass is 10.1. The molecule has 1 heterocycles. The smallest absolute Gasteiger partial charge is 0.206 e. The summed E-state index contributed by atoms with van der Waals surface area (Å²) in [7, 11) is 0. The first-order valence-electron chi connectivity index (χ1n) is 5.64. The normalized spacial score (nSPS) is 10.2. The number of benzene rings is 1. The molecule has 0 saturated heterocycles. The molecule has 0 aliphatic carbocycles. The molecule has 0 aliphatic rings. The number of aromatic amines is 1. The predicted octanol–water partition coefficient (Wildman–Crippen LogP) is 2.22. The number of nitrogens with zero attached hydrogens (tertiary/aromatic N) is 1. The molecule has 1 aromatic heterocycles. The van der Waals surface area contributed by atoms with E-state index in [0.717, 1.165) is 0 Å². The zero-order chi connectivity index (χ0) is 13.7. The maximum atomic E-state index is 13.3. The number of rotatable bonds is 4. The van der Waals surface area contributed by atoms with Crippen LogP contribution in [-0.4, -0.2) is 21.6 Å². The average molecular weight is 282 g/mol. The van der Waals surface area contributed by atoms with Gasteiger partial charge in [-0.3, -0.25) is 0 Å². The Bertz CT molecular complexity index is 537. The van der Waals surface area contributed by atoms with Crippen molar-refractivity contribution in [1.29, 1.82) is 0 Å². The molecule has 2 aromatic rings. The Kier molecular flexibility index (Phi) is 4.40. The number of halogens is 2. The number of thiocarbonyl (C=S) groups is 1. The molecule has 0 bridgehead atoms. The molecule has 0 spiro atoms. The molecule has 4 nitrogen and oxygen atoms in total. The summed E-state index contributed by atoms with van der Waals surface area (Å²) in [5.74, 6) is -0.590. The lowest BCUT2D eigenvalue weighted by Gasteiger charge is -2.09. The molecule has 0 unspecified atom stereocenters. The fourth-order valence-electron chi connectivity index (χ4n) is 1.56. The van der Waals surface area contributed by atoms with Gasteiger partial charge in [-0.2, -0.15) is 0 Å². The van der Waals surface area contributed by atoms with E-state index in [4.69, 9.17) is 12.2 Å². The Morgan fingerprint density at radius 3 is 2.68 bits per heavy atom. The number of H-pyrrole nitrogens is 1. The molecule has 3 N–H and O–H groups in total. The fraction of sp³-hybridized carbons (Fsp3) is 0.167. The van der Waals surface area contributed by atoms with E-state index in [9.17, 15) is 8.78 Å². The highest BCUT2D eigenvalue weighted by atomic mass is 32.1. The molecule has 0 amide bonds. The fourth-order valence-corrected chi connectivity index (χ4v) is 1.76. The van der Waals surface area contributed by atoms with Crippen LogP contribution < -0.4 is 10.6 Å². The van der Waals surface area contributed by atoms with E-state index in [-0.39, 0.29) is 12.0 Å². The molecule has 7 heteroatoms. The van der Waals surface area contributed by atoms with Crippen molar-refractivity contribution in [2.24, 2.45) is 0 Å². The van der Waals surface area contributed by atoms with Crippen LogP contribution in [-0.2, 0) is 6.42 Å². The van der Waals surface area contributed by atoms with Gasteiger partial charge in [0, 0.05) is 24.5 Å². The summed E-state index contributed by atoms with van der Waals surface area (Å²) in [4.78, 5) is 6.76. The summed E-state index contributed by atoms with van der Waals surface area (Å²) in [5, 5.41) is 5.99. The van der Waals surface area contributed by atoms with Crippen LogP contribution >= 0.6 is 12.2 Å². The third-order valence-electron chi connectivity index (χ3n) is 2.45. The van der Waals surface area contributed by atoms with Gasteiger partial charge in [0.1, 0.15) is 11.6 Å². The first-order chi connectivity index (χ1) is 9.16. The van der Waals surface area contributed by atoms with Crippen molar-refractivity contribution < 1.29 is 8.78 Å². The van der Waals surface area contributed by atoms with E-state index in [1.807, 2.05) is 0 Å². The van der Waals surface area contributed by atoms with Gasteiger partial charge in [0.2, 0.25) is 5.95 Å². The molecule has 0 radical (unpaired) electrons. The van der Waals surface area contributed by atoms with E-state index in [0.29, 0.717) is 17.6 Å². The second kappa shape index (κ2) is 6.24. The molecule has 0 saturated carbocycles. The van der Waals surface area contributed by atoms with Gasteiger partial charge in [0.25, 0.3) is 0 Å². The topological polar surface area (TPSA) is 52.7 Å². The average Bonchev–Trinajstić information content (AvgIpc) is 2.85. The van der Waals surface area contributed by atoms with Crippen molar-refractivity contribution in [2.45, 2.75) is 6.42 Å². The zero-order valence-corrected chi connectivity index (χ0v) is 10.7. The number of aromatic nitrogens is 2. The standard InChI is InChI=1S/C12H12F2N4S/c13-9-2-1-3-10(14)8(9)4-5-17-12(19)18-11-15-6-7-16-11/h1-3,6-7H,4-5H2,(H3,15,16,17,18,19). The minimum absolute atomic E-state index is 0.0517. The molecular weight excluding hydrogens is 270 g/mol. The number of imidazole rings is 1. The second-order valence-electron chi connectivity index (χ2n) is 3.77. The molecule has 1 aromatic carbocycles. The summed E-state index contributed by atoms with van der Waals surface area (Å²) < 4.78 is 26.7. The van der Waals surface area contributed by atoms with Crippen molar-refractivity contribution >= 4 is 23.3 Å². The third-order valence-corrected chi connectivity index (χ3v) is 2.70. The Morgan fingerprint density at radius 2 is 2.05 bits per heavy atom. The first-order valence-corrected chi connectivity index (χ1v) is 6.05. The van der Waals surface area contributed by atoms with Crippen LogP contribution in [0.3, 0.4) is 0 Å². The van der Waals surface area contributed by atoms with Crippen LogP contribution in [0.15, 0.2) is 30.6 Å². The van der Waals surface area contributed by atoms with Crippen molar-refractivity contribution in [2.75, 3.05) is 11.9 Å². The summed E-state index contributed by atoms with van der Waals surface area (Å²) in [6, 6.07) is 3.81. The van der Waals surface area contributed by atoms with Gasteiger partial charge >= 0.3 is 0 Å². The van der Waals surface area contributed by atoms with Gasteiger partial charge in [-0.05, 0) is 30.8 Å². The zero-order valence-electron chi connectivity index (χ0n) is 9.91. The molecule has 100 valence electrons. The van der Waals surface area contributed by atoms with Crippen LogP contribution in [0.25, 0.3) is 0 Å². The SMILES string of the molecule is Fc1cccc(F)c1CCNC(=S)Nc1ncc[nH]1. The summed E-state index contributed by atoms with van der Waals surface area (Å²) in [5.41, 5.74) is 0.0517. The Morgan fingerprint density at radius 1 is 1.32 bits per heavy atom. The van der Waals surface area contributed by atoms with E-state index >= 15 is 0 Å². The largest absolute Gasteiger partial charge is 0.362 e. The first kappa shape index (κ1) is 13.4. The molecule has 0 aliphatic heterocycles. The highest BCUT2D eigenvalue weighted by Gasteiger charge is 2.08. The number of hydrogen-bond donors (Lipinski definition) is 3. The highest BCUT2D eigenvalue weighted by molar-refractivity contribution is 7.80. The number of nitrogens with one attached hydrogen (secondary N) is 3. The Hall–Kier alpha value is -2.02. The third kappa shape index (κ3) is 3.72.